The number of anilines is 1. The standard InChI is InChI=1S/C22H16BrN3O4/c23-17-8-10-18(11-9-17)24-22(28)20(25-21(27)16-4-2-1-3-5-16)14-15-6-12-19(13-7-15)26(29)30/h1-14H,(H,24,28)(H,25,27)/b20-14-. The smallest absolute Gasteiger partial charge is 0.272 e. The molecule has 0 aliphatic carbocycles. The molecule has 3 aromatic carbocycles. The first-order valence-electron chi connectivity index (χ1n) is 8.82. The zero-order chi connectivity index (χ0) is 21.5. The van der Waals surface area contributed by atoms with Crippen LogP contribution >= 0.6 is 15.9 Å². The van der Waals surface area contributed by atoms with Crippen LogP contribution in [0.4, 0.5) is 11.4 Å². The highest BCUT2D eigenvalue weighted by Gasteiger charge is 2.15. The summed E-state index contributed by atoms with van der Waals surface area (Å²) < 4.78 is 0.861. The van der Waals surface area contributed by atoms with Gasteiger partial charge in [-0.3, -0.25) is 19.7 Å². The van der Waals surface area contributed by atoms with Gasteiger partial charge in [0.05, 0.1) is 4.92 Å². The summed E-state index contributed by atoms with van der Waals surface area (Å²) in [5.74, 6) is -0.977. The largest absolute Gasteiger partial charge is 0.321 e. The molecule has 3 rings (SSSR count). The summed E-state index contributed by atoms with van der Waals surface area (Å²) in [6.07, 6.45) is 1.46. The van der Waals surface area contributed by atoms with Crippen molar-refractivity contribution in [2.45, 2.75) is 0 Å². The number of rotatable bonds is 6. The Balaban J connectivity index is 1.88. The number of benzene rings is 3. The average Bonchev–Trinajstić information content (AvgIpc) is 2.75. The molecular weight excluding hydrogens is 450 g/mol. The second-order valence-corrected chi connectivity index (χ2v) is 7.10. The Morgan fingerprint density at radius 2 is 1.53 bits per heavy atom. The minimum absolute atomic E-state index is 0.000579. The average molecular weight is 466 g/mol. The lowest BCUT2D eigenvalue weighted by Crippen LogP contribution is -2.30. The molecule has 0 heterocycles. The van der Waals surface area contributed by atoms with Gasteiger partial charge in [-0.15, -0.1) is 0 Å². The molecule has 0 atom stereocenters. The number of non-ortho nitro benzene ring substituents is 1. The summed E-state index contributed by atoms with van der Waals surface area (Å²) in [4.78, 5) is 35.7. The van der Waals surface area contributed by atoms with E-state index in [0.29, 0.717) is 16.8 Å². The van der Waals surface area contributed by atoms with E-state index in [1.165, 1.54) is 30.3 Å². The predicted molar refractivity (Wildman–Crippen MR) is 118 cm³/mol. The van der Waals surface area contributed by atoms with Crippen LogP contribution in [0.25, 0.3) is 6.08 Å². The lowest BCUT2D eigenvalue weighted by Gasteiger charge is -2.11. The van der Waals surface area contributed by atoms with Gasteiger partial charge in [0.1, 0.15) is 5.70 Å². The van der Waals surface area contributed by atoms with Gasteiger partial charge in [0.2, 0.25) is 0 Å². The summed E-state index contributed by atoms with van der Waals surface area (Å²) in [6.45, 7) is 0. The number of hydrogen-bond donors (Lipinski definition) is 2. The lowest BCUT2D eigenvalue weighted by atomic mass is 10.1. The molecule has 2 N–H and O–H groups in total. The first kappa shape index (κ1) is 20.9. The lowest BCUT2D eigenvalue weighted by molar-refractivity contribution is -0.384. The Kier molecular flexibility index (Phi) is 6.71. The zero-order valence-electron chi connectivity index (χ0n) is 15.5. The quantitative estimate of drug-likeness (QED) is 0.311. The number of carbonyl (C=O) groups excluding carboxylic acids is 2. The second-order valence-electron chi connectivity index (χ2n) is 6.19. The maximum absolute atomic E-state index is 12.8. The first-order chi connectivity index (χ1) is 14.4. The number of amides is 2. The van der Waals surface area contributed by atoms with Crippen LogP contribution in [0.2, 0.25) is 0 Å². The van der Waals surface area contributed by atoms with Gasteiger partial charge >= 0.3 is 0 Å². The molecule has 0 radical (unpaired) electrons. The molecule has 0 aliphatic rings. The third-order valence-corrected chi connectivity index (χ3v) is 4.57. The molecule has 8 heteroatoms. The van der Waals surface area contributed by atoms with Crippen molar-refractivity contribution < 1.29 is 14.5 Å². The molecule has 0 bridgehead atoms. The molecule has 2 amide bonds. The van der Waals surface area contributed by atoms with E-state index >= 15 is 0 Å². The Morgan fingerprint density at radius 1 is 0.900 bits per heavy atom. The molecular formula is C22H16BrN3O4. The predicted octanol–water partition coefficient (Wildman–Crippen LogP) is 4.77. The summed E-state index contributed by atoms with van der Waals surface area (Å²) in [6, 6.07) is 21.1. The Labute approximate surface area is 180 Å². The van der Waals surface area contributed by atoms with Crippen LogP contribution in [0, 0.1) is 10.1 Å². The highest BCUT2D eigenvalue weighted by atomic mass is 79.9. The molecule has 7 nitrogen and oxygen atoms in total. The van der Waals surface area contributed by atoms with Crippen molar-refractivity contribution in [3.63, 3.8) is 0 Å². The topological polar surface area (TPSA) is 101 Å². The van der Waals surface area contributed by atoms with Crippen LogP contribution in [0.1, 0.15) is 15.9 Å². The summed E-state index contributed by atoms with van der Waals surface area (Å²) in [7, 11) is 0. The van der Waals surface area contributed by atoms with Crippen LogP contribution in [-0.2, 0) is 4.79 Å². The van der Waals surface area contributed by atoms with E-state index in [4.69, 9.17) is 0 Å². The molecule has 0 saturated heterocycles. The molecule has 0 aliphatic heterocycles. The number of nitro benzene ring substituents is 1. The van der Waals surface area contributed by atoms with E-state index in [1.54, 1.807) is 54.6 Å². The number of hydrogen-bond acceptors (Lipinski definition) is 4. The van der Waals surface area contributed by atoms with Crippen molar-refractivity contribution in [2.24, 2.45) is 0 Å². The van der Waals surface area contributed by atoms with Crippen LogP contribution in [0.15, 0.2) is 89.0 Å². The number of carbonyl (C=O) groups is 2. The minimum Gasteiger partial charge on any atom is -0.321 e. The normalized spacial score (nSPS) is 10.9. The number of nitrogens with zero attached hydrogens (tertiary/aromatic N) is 1. The number of halogens is 1. The number of nitro groups is 1. The Hall–Kier alpha value is -3.78. The van der Waals surface area contributed by atoms with Gasteiger partial charge < -0.3 is 10.6 Å². The highest BCUT2D eigenvalue weighted by Crippen LogP contribution is 2.17. The monoisotopic (exact) mass is 465 g/mol. The zero-order valence-corrected chi connectivity index (χ0v) is 17.1. The fourth-order valence-electron chi connectivity index (χ4n) is 2.53. The molecule has 30 heavy (non-hydrogen) atoms. The van der Waals surface area contributed by atoms with Crippen molar-refractivity contribution in [1.82, 2.24) is 5.32 Å². The second kappa shape index (κ2) is 9.62. The van der Waals surface area contributed by atoms with E-state index in [9.17, 15) is 19.7 Å². The fourth-order valence-corrected chi connectivity index (χ4v) is 2.80. The van der Waals surface area contributed by atoms with Crippen molar-refractivity contribution in [2.75, 3.05) is 5.32 Å². The molecule has 0 saturated carbocycles. The van der Waals surface area contributed by atoms with Crippen molar-refractivity contribution in [3.8, 4) is 0 Å². The van der Waals surface area contributed by atoms with Gasteiger partial charge in [-0.1, -0.05) is 34.1 Å². The third kappa shape index (κ3) is 5.62. The summed E-state index contributed by atoms with van der Waals surface area (Å²) >= 11 is 3.33. The van der Waals surface area contributed by atoms with Crippen LogP contribution in [-0.4, -0.2) is 16.7 Å². The van der Waals surface area contributed by atoms with Gasteiger partial charge in [0.25, 0.3) is 17.5 Å². The SMILES string of the molecule is O=C(Nc1ccc(Br)cc1)/C(=C/c1ccc([N+](=O)[O-])cc1)NC(=O)c1ccccc1. The summed E-state index contributed by atoms with van der Waals surface area (Å²) in [5, 5.41) is 16.2. The van der Waals surface area contributed by atoms with Crippen LogP contribution in [0.3, 0.4) is 0 Å². The molecule has 0 fully saturated rings. The van der Waals surface area contributed by atoms with Crippen LogP contribution < -0.4 is 10.6 Å². The maximum Gasteiger partial charge on any atom is 0.272 e. The molecule has 150 valence electrons. The number of nitrogens with one attached hydrogen (secondary N) is 2. The first-order valence-corrected chi connectivity index (χ1v) is 9.61. The fraction of sp³-hybridized carbons (Fsp3) is 0. The van der Waals surface area contributed by atoms with Crippen LogP contribution in [0.5, 0.6) is 0 Å². The van der Waals surface area contributed by atoms with E-state index in [1.807, 2.05) is 0 Å². The van der Waals surface area contributed by atoms with Crippen molar-refractivity contribution in [3.05, 3.63) is 110 Å². The van der Waals surface area contributed by atoms with E-state index < -0.39 is 16.7 Å². The molecule has 0 aromatic heterocycles. The van der Waals surface area contributed by atoms with Gasteiger partial charge in [-0.25, -0.2) is 0 Å². The van der Waals surface area contributed by atoms with Gasteiger partial charge in [0, 0.05) is 27.9 Å². The Bertz CT molecular complexity index is 1100. The van der Waals surface area contributed by atoms with Crippen molar-refractivity contribution >= 4 is 45.2 Å². The van der Waals surface area contributed by atoms with E-state index in [-0.39, 0.29) is 11.4 Å². The molecule has 0 unspecified atom stereocenters. The van der Waals surface area contributed by atoms with E-state index in [2.05, 4.69) is 26.6 Å². The van der Waals surface area contributed by atoms with Crippen molar-refractivity contribution in [1.29, 1.82) is 0 Å². The van der Waals surface area contributed by atoms with E-state index in [0.717, 1.165) is 4.47 Å². The highest BCUT2D eigenvalue weighted by molar-refractivity contribution is 9.10. The molecule has 0 spiro atoms. The Morgan fingerprint density at radius 3 is 2.13 bits per heavy atom. The minimum atomic E-state index is -0.528. The molecule has 3 aromatic rings. The van der Waals surface area contributed by atoms with Gasteiger partial charge in [-0.2, -0.15) is 0 Å². The third-order valence-electron chi connectivity index (χ3n) is 4.05. The maximum atomic E-state index is 12.8. The van der Waals surface area contributed by atoms with Gasteiger partial charge in [-0.05, 0) is 60.2 Å². The van der Waals surface area contributed by atoms with Gasteiger partial charge in [0.15, 0.2) is 0 Å². The summed E-state index contributed by atoms with van der Waals surface area (Å²) in [5.41, 5.74) is 1.40.